The molecule has 1 aliphatic heterocycles. The zero-order chi connectivity index (χ0) is 19.7. The summed E-state index contributed by atoms with van der Waals surface area (Å²) in [7, 11) is 1.34. The highest BCUT2D eigenvalue weighted by atomic mass is 32.1. The van der Waals surface area contributed by atoms with E-state index in [2.05, 4.69) is 11.8 Å². The first-order valence-electron chi connectivity index (χ1n) is 9.40. The summed E-state index contributed by atoms with van der Waals surface area (Å²) in [5.41, 5.74) is 0.727. The number of rotatable bonds is 5. The van der Waals surface area contributed by atoms with Gasteiger partial charge in [-0.1, -0.05) is 13.0 Å². The van der Waals surface area contributed by atoms with Gasteiger partial charge in [0.15, 0.2) is 0 Å². The minimum Gasteiger partial charge on any atom is -0.468 e. The van der Waals surface area contributed by atoms with Gasteiger partial charge in [-0.05, 0) is 43.3 Å². The molecule has 1 fully saturated rings. The van der Waals surface area contributed by atoms with Gasteiger partial charge in [-0.25, -0.2) is 4.98 Å². The van der Waals surface area contributed by atoms with Crippen LogP contribution in [0.1, 0.15) is 25.6 Å². The Morgan fingerprint density at radius 1 is 1.32 bits per heavy atom. The number of carbonyl (C=O) groups excluding carboxylic acids is 1. The molecule has 8 heteroatoms. The van der Waals surface area contributed by atoms with Crippen LogP contribution in [0.4, 0.5) is 0 Å². The zero-order valence-corrected chi connectivity index (χ0v) is 17.6. The molecule has 1 saturated heterocycles. The van der Waals surface area contributed by atoms with E-state index in [-0.39, 0.29) is 12.1 Å². The fourth-order valence-electron chi connectivity index (χ4n) is 3.58. The zero-order valence-electron chi connectivity index (χ0n) is 16.0. The molecule has 4 rings (SSSR count). The van der Waals surface area contributed by atoms with Gasteiger partial charge in [-0.15, -0.1) is 22.7 Å². The number of piperidine rings is 1. The van der Waals surface area contributed by atoms with Crippen LogP contribution in [0.15, 0.2) is 27.7 Å². The summed E-state index contributed by atoms with van der Waals surface area (Å²) in [6.45, 7) is 4.70. The summed E-state index contributed by atoms with van der Waals surface area (Å²) in [5, 5.41) is 4.57. The molecule has 0 aliphatic carbocycles. The third kappa shape index (κ3) is 3.76. The minimum atomic E-state index is -0.440. The lowest BCUT2D eigenvalue weighted by molar-refractivity contribution is -0.141. The highest BCUT2D eigenvalue weighted by Crippen LogP contribution is 2.34. The second kappa shape index (κ2) is 8.14. The summed E-state index contributed by atoms with van der Waals surface area (Å²) >= 11 is 3.08. The average molecular weight is 418 g/mol. The van der Waals surface area contributed by atoms with Crippen LogP contribution in [0.3, 0.4) is 0 Å². The largest absolute Gasteiger partial charge is 0.468 e. The number of thiophene rings is 2. The van der Waals surface area contributed by atoms with Crippen LogP contribution in [-0.4, -0.2) is 40.6 Å². The molecule has 3 aromatic heterocycles. The number of ether oxygens (including phenoxy) is 1. The number of methoxy groups -OCH3 is 1. The molecule has 0 radical (unpaired) electrons. The molecule has 0 atom stereocenters. The van der Waals surface area contributed by atoms with Gasteiger partial charge >= 0.3 is 5.97 Å². The van der Waals surface area contributed by atoms with Gasteiger partial charge < -0.3 is 4.74 Å². The van der Waals surface area contributed by atoms with E-state index in [4.69, 9.17) is 9.72 Å². The van der Waals surface area contributed by atoms with Crippen LogP contribution in [-0.2, 0) is 22.6 Å². The van der Waals surface area contributed by atoms with Crippen molar-refractivity contribution in [2.75, 3.05) is 20.2 Å². The number of fused-ring (bicyclic) bond motifs is 1. The van der Waals surface area contributed by atoms with E-state index in [1.807, 2.05) is 22.9 Å². The van der Waals surface area contributed by atoms with Crippen molar-refractivity contribution < 1.29 is 9.53 Å². The van der Waals surface area contributed by atoms with E-state index in [9.17, 15) is 9.59 Å². The molecule has 3 aromatic rings. The first-order chi connectivity index (χ1) is 13.6. The van der Waals surface area contributed by atoms with Crippen LogP contribution < -0.4 is 5.56 Å². The van der Waals surface area contributed by atoms with Gasteiger partial charge in [-0.3, -0.25) is 19.1 Å². The molecule has 0 bridgehead atoms. The van der Waals surface area contributed by atoms with Crippen LogP contribution in [0.2, 0.25) is 0 Å². The smallest absolute Gasteiger partial charge is 0.325 e. The predicted octanol–water partition coefficient (Wildman–Crippen LogP) is 3.59. The molecule has 6 nitrogen and oxygen atoms in total. The number of nitrogens with zero attached hydrogens (tertiary/aromatic N) is 3. The van der Waals surface area contributed by atoms with Gasteiger partial charge in [0, 0.05) is 15.8 Å². The highest BCUT2D eigenvalue weighted by Gasteiger charge is 2.22. The maximum Gasteiger partial charge on any atom is 0.325 e. The Labute approximate surface area is 171 Å². The SMILES string of the molecule is COC(=O)Cn1c(CN2CCC(C)CC2)nc2scc(-c3cccs3)c2c1=O. The number of hydrogen-bond acceptors (Lipinski definition) is 7. The van der Waals surface area contributed by atoms with Gasteiger partial charge in [-0.2, -0.15) is 0 Å². The summed E-state index contributed by atoms with van der Waals surface area (Å²) in [6, 6.07) is 3.97. The van der Waals surface area contributed by atoms with Crippen LogP contribution >= 0.6 is 22.7 Å². The lowest BCUT2D eigenvalue weighted by Crippen LogP contribution is -2.36. The maximum atomic E-state index is 13.4. The number of carbonyl (C=O) groups is 1. The maximum absolute atomic E-state index is 13.4. The Hall–Kier alpha value is -2.03. The second-order valence-electron chi connectivity index (χ2n) is 7.26. The number of esters is 1. The van der Waals surface area contributed by atoms with Crippen molar-refractivity contribution in [3.63, 3.8) is 0 Å². The van der Waals surface area contributed by atoms with Crippen LogP contribution in [0.5, 0.6) is 0 Å². The van der Waals surface area contributed by atoms with Crippen molar-refractivity contribution in [2.45, 2.75) is 32.9 Å². The number of likely N-dealkylation sites (tertiary alicyclic amines) is 1. The fourth-order valence-corrected chi connectivity index (χ4v) is 5.35. The van der Waals surface area contributed by atoms with E-state index >= 15 is 0 Å². The Morgan fingerprint density at radius 3 is 2.79 bits per heavy atom. The van der Waals surface area contributed by atoms with Gasteiger partial charge in [0.05, 0.1) is 19.0 Å². The predicted molar refractivity (Wildman–Crippen MR) is 113 cm³/mol. The van der Waals surface area contributed by atoms with Crippen molar-refractivity contribution in [3.8, 4) is 10.4 Å². The van der Waals surface area contributed by atoms with Crippen molar-refractivity contribution in [1.29, 1.82) is 0 Å². The van der Waals surface area contributed by atoms with Gasteiger partial charge in [0.2, 0.25) is 0 Å². The van der Waals surface area contributed by atoms with E-state index in [1.165, 1.54) is 23.0 Å². The molecule has 0 saturated carbocycles. The summed E-state index contributed by atoms with van der Waals surface area (Å²) in [6.07, 6.45) is 2.29. The summed E-state index contributed by atoms with van der Waals surface area (Å²) in [5.74, 6) is 0.927. The van der Waals surface area contributed by atoms with Crippen molar-refractivity contribution in [3.05, 3.63) is 39.1 Å². The monoisotopic (exact) mass is 417 g/mol. The molecule has 0 spiro atoms. The lowest BCUT2D eigenvalue weighted by atomic mass is 9.99. The Bertz CT molecular complexity index is 1030. The topological polar surface area (TPSA) is 64.4 Å². The van der Waals surface area contributed by atoms with Crippen LogP contribution in [0, 0.1) is 5.92 Å². The van der Waals surface area contributed by atoms with E-state index in [0.29, 0.717) is 17.8 Å². The molecule has 0 amide bonds. The van der Waals surface area contributed by atoms with E-state index in [1.54, 1.807) is 11.3 Å². The molecule has 4 heterocycles. The second-order valence-corrected chi connectivity index (χ2v) is 9.07. The minimum absolute atomic E-state index is 0.114. The lowest BCUT2D eigenvalue weighted by Gasteiger charge is -2.30. The number of aromatic nitrogens is 2. The van der Waals surface area contributed by atoms with Crippen molar-refractivity contribution in [1.82, 2.24) is 14.5 Å². The number of hydrogen-bond donors (Lipinski definition) is 0. The molecule has 0 N–H and O–H groups in total. The molecular formula is C20H23N3O3S2. The molecular weight excluding hydrogens is 394 g/mol. The van der Waals surface area contributed by atoms with E-state index < -0.39 is 5.97 Å². The molecule has 148 valence electrons. The van der Waals surface area contributed by atoms with Crippen LogP contribution in [0.25, 0.3) is 20.7 Å². The van der Waals surface area contributed by atoms with Crippen molar-refractivity contribution in [2.24, 2.45) is 5.92 Å². The third-order valence-corrected chi connectivity index (χ3v) is 7.09. The standard InChI is InChI=1S/C20H23N3O3S2/c1-13-5-7-22(8-6-13)10-16-21-19-18(20(25)23(16)11-17(24)26-2)14(12-28-19)15-4-3-9-27-15/h3-4,9,12-13H,5-8,10-11H2,1-2H3. The first kappa shape index (κ1) is 19.3. The average Bonchev–Trinajstić information content (AvgIpc) is 3.36. The van der Waals surface area contributed by atoms with Gasteiger partial charge in [0.1, 0.15) is 17.2 Å². The summed E-state index contributed by atoms with van der Waals surface area (Å²) < 4.78 is 6.32. The molecule has 0 aromatic carbocycles. The first-order valence-corrected chi connectivity index (χ1v) is 11.2. The fraction of sp³-hybridized carbons (Fsp3) is 0.450. The van der Waals surface area contributed by atoms with Gasteiger partial charge in [0.25, 0.3) is 5.56 Å². The van der Waals surface area contributed by atoms with E-state index in [0.717, 1.165) is 47.1 Å². The normalized spacial score (nSPS) is 15.9. The molecule has 28 heavy (non-hydrogen) atoms. The molecule has 1 aliphatic rings. The quantitative estimate of drug-likeness (QED) is 0.594. The van der Waals surface area contributed by atoms with Crippen molar-refractivity contribution >= 4 is 38.9 Å². The summed E-state index contributed by atoms with van der Waals surface area (Å²) in [4.78, 5) is 34.3. The molecule has 0 unspecified atom stereocenters. The highest BCUT2D eigenvalue weighted by molar-refractivity contribution is 7.18. The Morgan fingerprint density at radius 2 is 2.11 bits per heavy atom. The Kier molecular flexibility index (Phi) is 5.61. The third-order valence-electron chi connectivity index (χ3n) is 5.32. The Balaban J connectivity index is 1.78.